The molecule has 2 atom stereocenters. The summed E-state index contributed by atoms with van der Waals surface area (Å²) in [6.45, 7) is 2.46. The van der Waals surface area contributed by atoms with Gasteiger partial charge in [0, 0.05) is 6.04 Å². The fraction of sp³-hybridized carbons (Fsp3) is 1.00. The Morgan fingerprint density at radius 2 is 2.11 bits per heavy atom. The van der Waals surface area contributed by atoms with Crippen LogP contribution in [0.5, 0.6) is 0 Å². The van der Waals surface area contributed by atoms with Crippen molar-refractivity contribution < 1.29 is 5.11 Å². The van der Waals surface area contributed by atoms with Crippen LogP contribution in [0.25, 0.3) is 0 Å². The SMILES string of the molecule is CC[C@H](N)C(O)CCN. The molecule has 0 aromatic heterocycles. The van der Waals surface area contributed by atoms with E-state index in [9.17, 15) is 0 Å². The van der Waals surface area contributed by atoms with Gasteiger partial charge in [0.15, 0.2) is 0 Å². The molecule has 0 saturated heterocycles. The summed E-state index contributed by atoms with van der Waals surface area (Å²) in [6.07, 6.45) is 0.996. The summed E-state index contributed by atoms with van der Waals surface area (Å²) in [5.74, 6) is 0. The standard InChI is InChI=1S/C6H16N2O/c1-2-5(8)6(9)3-4-7/h5-6,9H,2-4,7-8H2,1H3/t5-,6?/m0/s1. The molecule has 0 saturated carbocycles. The molecule has 0 aliphatic rings. The number of rotatable bonds is 4. The van der Waals surface area contributed by atoms with Gasteiger partial charge in [-0.2, -0.15) is 0 Å². The summed E-state index contributed by atoms with van der Waals surface area (Å²) in [5, 5.41) is 9.11. The molecule has 0 amide bonds. The Hall–Kier alpha value is -0.120. The maximum absolute atomic E-state index is 9.11. The van der Waals surface area contributed by atoms with Crippen LogP contribution in [0.2, 0.25) is 0 Å². The molecule has 0 aliphatic heterocycles. The lowest BCUT2D eigenvalue weighted by atomic mass is 10.1. The molecule has 0 spiro atoms. The Morgan fingerprint density at radius 1 is 1.56 bits per heavy atom. The van der Waals surface area contributed by atoms with E-state index in [-0.39, 0.29) is 6.04 Å². The molecule has 1 unspecified atom stereocenters. The van der Waals surface area contributed by atoms with E-state index in [1.807, 2.05) is 6.92 Å². The van der Waals surface area contributed by atoms with Gasteiger partial charge < -0.3 is 16.6 Å². The third kappa shape index (κ3) is 3.46. The summed E-state index contributed by atoms with van der Waals surface area (Å²) < 4.78 is 0. The second kappa shape index (κ2) is 4.73. The topological polar surface area (TPSA) is 72.3 Å². The highest BCUT2D eigenvalue weighted by molar-refractivity contribution is 4.69. The fourth-order valence-electron chi connectivity index (χ4n) is 0.657. The lowest BCUT2D eigenvalue weighted by Crippen LogP contribution is -2.35. The number of aliphatic hydroxyl groups is 1. The van der Waals surface area contributed by atoms with Gasteiger partial charge in [-0.15, -0.1) is 0 Å². The van der Waals surface area contributed by atoms with Crippen LogP contribution >= 0.6 is 0 Å². The van der Waals surface area contributed by atoms with Crippen molar-refractivity contribution in [2.45, 2.75) is 31.9 Å². The third-order valence-electron chi connectivity index (χ3n) is 1.43. The average Bonchev–Trinajstić information content (AvgIpc) is 1.87. The highest BCUT2D eigenvalue weighted by Crippen LogP contribution is 1.97. The van der Waals surface area contributed by atoms with Crippen LogP contribution in [0.3, 0.4) is 0 Å². The van der Waals surface area contributed by atoms with E-state index >= 15 is 0 Å². The highest BCUT2D eigenvalue weighted by Gasteiger charge is 2.09. The Balaban J connectivity index is 3.32. The van der Waals surface area contributed by atoms with Gasteiger partial charge in [-0.1, -0.05) is 6.92 Å². The van der Waals surface area contributed by atoms with E-state index < -0.39 is 6.10 Å². The van der Waals surface area contributed by atoms with Crippen LogP contribution in [0.15, 0.2) is 0 Å². The molecule has 0 aromatic carbocycles. The van der Waals surface area contributed by atoms with Gasteiger partial charge in [-0.25, -0.2) is 0 Å². The Labute approximate surface area is 56.0 Å². The normalized spacial score (nSPS) is 17.3. The monoisotopic (exact) mass is 132 g/mol. The van der Waals surface area contributed by atoms with Crippen LogP contribution in [-0.2, 0) is 0 Å². The Kier molecular flexibility index (Phi) is 4.67. The number of nitrogens with two attached hydrogens (primary N) is 2. The maximum Gasteiger partial charge on any atom is 0.0703 e. The molecule has 56 valence electrons. The van der Waals surface area contributed by atoms with E-state index in [1.54, 1.807) is 0 Å². The molecule has 0 bridgehead atoms. The van der Waals surface area contributed by atoms with E-state index in [0.29, 0.717) is 13.0 Å². The van der Waals surface area contributed by atoms with Gasteiger partial charge in [-0.05, 0) is 19.4 Å². The first-order valence-corrected chi connectivity index (χ1v) is 3.36. The molecule has 3 nitrogen and oxygen atoms in total. The van der Waals surface area contributed by atoms with Crippen molar-refractivity contribution in [3.63, 3.8) is 0 Å². The molecule has 0 aromatic rings. The lowest BCUT2D eigenvalue weighted by Gasteiger charge is -2.15. The van der Waals surface area contributed by atoms with E-state index in [1.165, 1.54) is 0 Å². The molecule has 3 heteroatoms. The minimum Gasteiger partial charge on any atom is -0.391 e. The Bertz CT molecular complexity index is 68.1. The quantitative estimate of drug-likeness (QED) is 0.480. The van der Waals surface area contributed by atoms with Crippen LogP contribution < -0.4 is 11.5 Å². The fourth-order valence-corrected chi connectivity index (χ4v) is 0.657. The van der Waals surface area contributed by atoms with Crippen molar-refractivity contribution in [1.82, 2.24) is 0 Å². The smallest absolute Gasteiger partial charge is 0.0703 e. The van der Waals surface area contributed by atoms with Crippen molar-refractivity contribution in [1.29, 1.82) is 0 Å². The summed E-state index contributed by atoms with van der Waals surface area (Å²) >= 11 is 0. The lowest BCUT2D eigenvalue weighted by molar-refractivity contribution is 0.135. The zero-order valence-electron chi connectivity index (χ0n) is 5.88. The summed E-state index contributed by atoms with van der Waals surface area (Å²) in [6, 6.07) is -0.103. The van der Waals surface area contributed by atoms with Crippen LogP contribution in [0, 0.1) is 0 Å². The minimum absolute atomic E-state index is 0.103. The van der Waals surface area contributed by atoms with Crippen molar-refractivity contribution in [3.05, 3.63) is 0 Å². The second-order valence-corrected chi connectivity index (χ2v) is 2.22. The van der Waals surface area contributed by atoms with E-state index in [0.717, 1.165) is 6.42 Å². The second-order valence-electron chi connectivity index (χ2n) is 2.22. The van der Waals surface area contributed by atoms with Gasteiger partial charge in [0.25, 0.3) is 0 Å². The predicted molar refractivity (Wildman–Crippen MR) is 37.9 cm³/mol. The minimum atomic E-state index is -0.417. The number of hydrogen-bond donors (Lipinski definition) is 3. The maximum atomic E-state index is 9.11. The first kappa shape index (κ1) is 8.88. The zero-order chi connectivity index (χ0) is 7.28. The van der Waals surface area contributed by atoms with Gasteiger partial charge in [0.2, 0.25) is 0 Å². The highest BCUT2D eigenvalue weighted by atomic mass is 16.3. The van der Waals surface area contributed by atoms with Gasteiger partial charge in [0.1, 0.15) is 0 Å². The Morgan fingerprint density at radius 3 is 2.44 bits per heavy atom. The predicted octanol–water partition coefficient (Wildman–Crippen LogP) is -0.567. The molecular formula is C6H16N2O. The summed E-state index contributed by atoms with van der Waals surface area (Å²) in [7, 11) is 0. The first-order valence-electron chi connectivity index (χ1n) is 3.36. The van der Waals surface area contributed by atoms with E-state index in [4.69, 9.17) is 16.6 Å². The molecule has 0 fully saturated rings. The van der Waals surface area contributed by atoms with Crippen molar-refractivity contribution in [2.24, 2.45) is 11.5 Å². The van der Waals surface area contributed by atoms with Gasteiger partial charge >= 0.3 is 0 Å². The molecular weight excluding hydrogens is 116 g/mol. The molecule has 0 heterocycles. The average molecular weight is 132 g/mol. The number of aliphatic hydroxyl groups excluding tert-OH is 1. The first-order chi connectivity index (χ1) is 4.22. The summed E-state index contributed by atoms with van der Waals surface area (Å²) in [4.78, 5) is 0. The third-order valence-corrected chi connectivity index (χ3v) is 1.43. The largest absolute Gasteiger partial charge is 0.391 e. The number of hydrogen-bond acceptors (Lipinski definition) is 3. The van der Waals surface area contributed by atoms with Gasteiger partial charge in [0.05, 0.1) is 6.10 Å². The van der Waals surface area contributed by atoms with E-state index in [2.05, 4.69) is 0 Å². The molecule has 5 N–H and O–H groups in total. The molecule has 0 rings (SSSR count). The molecule has 0 radical (unpaired) electrons. The van der Waals surface area contributed by atoms with Gasteiger partial charge in [-0.3, -0.25) is 0 Å². The van der Waals surface area contributed by atoms with Crippen LogP contribution in [-0.4, -0.2) is 23.8 Å². The zero-order valence-corrected chi connectivity index (χ0v) is 5.88. The van der Waals surface area contributed by atoms with Crippen molar-refractivity contribution in [2.75, 3.05) is 6.54 Å². The molecule has 0 aliphatic carbocycles. The van der Waals surface area contributed by atoms with Crippen LogP contribution in [0.4, 0.5) is 0 Å². The van der Waals surface area contributed by atoms with Crippen LogP contribution in [0.1, 0.15) is 19.8 Å². The summed E-state index contributed by atoms with van der Waals surface area (Å²) in [5.41, 5.74) is 10.7. The molecule has 9 heavy (non-hydrogen) atoms. The van der Waals surface area contributed by atoms with Crippen molar-refractivity contribution in [3.8, 4) is 0 Å². The van der Waals surface area contributed by atoms with Crippen molar-refractivity contribution >= 4 is 0 Å².